The van der Waals surface area contributed by atoms with E-state index in [0.29, 0.717) is 17.3 Å². The highest BCUT2D eigenvalue weighted by Gasteiger charge is 2.16. The lowest BCUT2D eigenvalue weighted by atomic mass is 10.2. The molecule has 2 N–H and O–H groups in total. The Balaban J connectivity index is 1.31. The molecule has 1 aliphatic rings. The van der Waals surface area contributed by atoms with Crippen LogP contribution in [0.3, 0.4) is 0 Å². The van der Waals surface area contributed by atoms with Crippen LogP contribution < -0.4 is 15.5 Å². The van der Waals surface area contributed by atoms with Gasteiger partial charge in [-0.15, -0.1) is 0 Å². The number of benzene rings is 2. The number of piperazine rings is 1. The maximum absolute atomic E-state index is 13.1. The summed E-state index contributed by atoms with van der Waals surface area (Å²) in [5.41, 5.74) is 2.42. The molecule has 166 valence electrons. The average Bonchev–Trinajstić information content (AvgIpc) is 2.78. The molecule has 2 aromatic carbocycles. The molecule has 3 rings (SSSR count). The van der Waals surface area contributed by atoms with E-state index in [1.54, 1.807) is 31.2 Å². The summed E-state index contributed by atoms with van der Waals surface area (Å²) in [6.07, 6.45) is 0.986. The molecule has 31 heavy (non-hydrogen) atoms. The van der Waals surface area contributed by atoms with E-state index in [4.69, 9.17) is 17.0 Å². The highest BCUT2D eigenvalue weighted by Crippen LogP contribution is 2.17. The van der Waals surface area contributed by atoms with E-state index in [2.05, 4.69) is 20.4 Å². The number of ether oxygens (including phenoxy) is 1. The molecule has 1 aliphatic heterocycles. The van der Waals surface area contributed by atoms with Crippen LogP contribution in [0.5, 0.6) is 0 Å². The van der Waals surface area contributed by atoms with Crippen LogP contribution in [0.1, 0.15) is 23.7 Å². The van der Waals surface area contributed by atoms with E-state index >= 15 is 0 Å². The van der Waals surface area contributed by atoms with Crippen molar-refractivity contribution in [1.82, 2.24) is 10.2 Å². The molecule has 0 bridgehead atoms. The number of hydrogen-bond donors (Lipinski definition) is 2. The van der Waals surface area contributed by atoms with Gasteiger partial charge in [-0.25, -0.2) is 9.18 Å². The Hall–Kier alpha value is -2.71. The van der Waals surface area contributed by atoms with Gasteiger partial charge in [0.2, 0.25) is 0 Å². The van der Waals surface area contributed by atoms with Gasteiger partial charge in [0.05, 0.1) is 12.2 Å². The van der Waals surface area contributed by atoms with Gasteiger partial charge in [0.15, 0.2) is 5.11 Å². The fourth-order valence-electron chi connectivity index (χ4n) is 3.47. The van der Waals surface area contributed by atoms with E-state index in [-0.39, 0.29) is 11.8 Å². The van der Waals surface area contributed by atoms with Gasteiger partial charge >= 0.3 is 5.97 Å². The first-order valence-corrected chi connectivity index (χ1v) is 11.0. The van der Waals surface area contributed by atoms with Crippen LogP contribution in [-0.4, -0.2) is 61.9 Å². The SMILES string of the molecule is CCOC(=O)c1ccc(NC(=S)NCCCN2CCN(c3ccc(F)cc3)CC2)cc1. The third kappa shape index (κ3) is 7.18. The molecule has 0 amide bonds. The largest absolute Gasteiger partial charge is 0.462 e. The van der Waals surface area contributed by atoms with Gasteiger partial charge < -0.3 is 20.3 Å². The quantitative estimate of drug-likeness (QED) is 0.367. The summed E-state index contributed by atoms with van der Waals surface area (Å²) in [7, 11) is 0. The predicted molar refractivity (Wildman–Crippen MR) is 126 cm³/mol. The molecule has 0 saturated carbocycles. The van der Waals surface area contributed by atoms with Gasteiger partial charge in [0.1, 0.15) is 5.82 Å². The van der Waals surface area contributed by atoms with Crippen LogP contribution in [-0.2, 0) is 4.74 Å². The summed E-state index contributed by atoms with van der Waals surface area (Å²) in [4.78, 5) is 16.4. The van der Waals surface area contributed by atoms with Crippen LogP contribution in [0.15, 0.2) is 48.5 Å². The molecule has 0 aliphatic carbocycles. The Morgan fingerprint density at radius 1 is 1.06 bits per heavy atom. The van der Waals surface area contributed by atoms with Gasteiger partial charge in [0, 0.05) is 44.1 Å². The number of carbonyl (C=O) groups excluding carboxylic acids is 1. The first kappa shape index (κ1) is 23.0. The number of nitrogens with one attached hydrogen (secondary N) is 2. The van der Waals surface area contributed by atoms with E-state index in [9.17, 15) is 9.18 Å². The fourth-order valence-corrected chi connectivity index (χ4v) is 3.69. The molecule has 0 atom stereocenters. The maximum Gasteiger partial charge on any atom is 0.338 e. The topological polar surface area (TPSA) is 56.8 Å². The zero-order chi connectivity index (χ0) is 22.1. The van der Waals surface area contributed by atoms with Crippen LogP contribution in [0.2, 0.25) is 0 Å². The number of esters is 1. The van der Waals surface area contributed by atoms with Crippen LogP contribution in [0.4, 0.5) is 15.8 Å². The molecule has 0 radical (unpaired) electrons. The summed E-state index contributed by atoms with van der Waals surface area (Å²) in [6.45, 7) is 7.80. The predicted octanol–water partition coefficient (Wildman–Crippen LogP) is 3.50. The number of thiocarbonyl (C=S) groups is 1. The summed E-state index contributed by atoms with van der Waals surface area (Å²) < 4.78 is 18.1. The number of halogens is 1. The first-order valence-electron chi connectivity index (χ1n) is 10.6. The zero-order valence-corrected chi connectivity index (χ0v) is 18.6. The van der Waals surface area contributed by atoms with Crippen LogP contribution in [0, 0.1) is 5.82 Å². The van der Waals surface area contributed by atoms with Crippen molar-refractivity contribution in [2.24, 2.45) is 0 Å². The number of nitrogens with zero attached hydrogens (tertiary/aromatic N) is 2. The Morgan fingerprint density at radius 3 is 2.39 bits per heavy atom. The van der Waals surface area contributed by atoms with E-state index < -0.39 is 0 Å². The Morgan fingerprint density at radius 2 is 1.74 bits per heavy atom. The monoisotopic (exact) mass is 444 g/mol. The minimum Gasteiger partial charge on any atom is -0.462 e. The van der Waals surface area contributed by atoms with Gasteiger partial charge in [-0.05, 0) is 80.6 Å². The molecule has 8 heteroatoms. The molecule has 6 nitrogen and oxygen atoms in total. The molecular weight excluding hydrogens is 415 g/mol. The Labute approximate surface area is 188 Å². The third-order valence-electron chi connectivity index (χ3n) is 5.15. The maximum atomic E-state index is 13.1. The van der Waals surface area contributed by atoms with Crippen molar-refractivity contribution < 1.29 is 13.9 Å². The standard InChI is InChI=1S/C23H29FN4O2S/c1-2-30-22(29)18-4-8-20(9-5-18)26-23(31)25-12-3-13-27-14-16-28(17-15-27)21-10-6-19(24)7-11-21/h4-11H,2-3,12-17H2,1H3,(H2,25,26,31). The van der Waals surface area contributed by atoms with E-state index in [1.165, 1.54) is 12.1 Å². The zero-order valence-electron chi connectivity index (χ0n) is 17.8. The molecule has 1 fully saturated rings. The molecule has 0 aromatic heterocycles. The van der Waals surface area contributed by atoms with Crippen LogP contribution >= 0.6 is 12.2 Å². The Kier molecular flexibility index (Phi) is 8.61. The second-order valence-electron chi connectivity index (χ2n) is 7.34. The second kappa shape index (κ2) is 11.6. The average molecular weight is 445 g/mol. The van der Waals surface area contributed by atoms with Crippen molar-refractivity contribution in [3.63, 3.8) is 0 Å². The molecule has 1 heterocycles. The summed E-state index contributed by atoms with van der Waals surface area (Å²) in [6, 6.07) is 13.8. The van der Waals surface area contributed by atoms with Gasteiger partial charge in [-0.3, -0.25) is 4.90 Å². The van der Waals surface area contributed by atoms with Gasteiger partial charge in [-0.1, -0.05) is 0 Å². The molecule has 0 spiro atoms. The third-order valence-corrected chi connectivity index (χ3v) is 5.40. The van der Waals surface area contributed by atoms with Crippen LogP contribution in [0.25, 0.3) is 0 Å². The number of hydrogen-bond acceptors (Lipinski definition) is 5. The molecule has 0 unspecified atom stereocenters. The van der Waals surface area contributed by atoms with Crippen molar-refractivity contribution in [2.75, 3.05) is 56.1 Å². The minimum absolute atomic E-state index is 0.198. The summed E-state index contributed by atoms with van der Waals surface area (Å²) in [5.74, 6) is -0.524. The van der Waals surface area contributed by atoms with Crippen molar-refractivity contribution in [3.8, 4) is 0 Å². The van der Waals surface area contributed by atoms with E-state index in [0.717, 1.165) is 57.1 Å². The molecular formula is C23H29FN4O2S. The Bertz CT molecular complexity index is 853. The van der Waals surface area contributed by atoms with Crippen molar-refractivity contribution in [1.29, 1.82) is 0 Å². The lowest BCUT2D eigenvalue weighted by molar-refractivity contribution is 0.0526. The minimum atomic E-state index is -0.326. The van der Waals surface area contributed by atoms with E-state index in [1.807, 2.05) is 12.1 Å². The van der Waals surface area contributed by atoms with Crippen molar-refractivity contribution in [2.45, 2.75) is 13.3 Å². The summed E-state index contributed by atoms with van der Waals surface area (Å²) >= 11 is 5.35. The van der Waals surface area contributed by atoms with Gasteiger partial charge in [0.25, 0.3) is 0 Å². The summed E-state index contributed by atoms with van der Waals surface area (Å²) in [5, 5.41) is 6.91. The molecule has 1 saturated heterocycles. The number of carbonyl (C=O) groups is 1. The first-order chi connectivity index (χ1) is 15.0. The highest BCUT2D eigenvalue weighted by molar-refractivity contribution is 7.80. The molecule has 2 aromatic rings. The highest BCUT2D eigenvalue weighted by atomic mass is 32.1. The number of anilines is 2. The smallest absolute Gasteiger partial charge is 0.338 e. The normalized spacial score (nSPS) is 14.2. The fraction of sp³-hybridized carbons (Fsp3) is 0.391. The second-order valence-corrected chi connectivity index (χ2v) is 7.75. The van der Waals surface area contributed by atoms with Crippen molar-refractivity contribution in [3.05, 3.63) is 59.9 Å². The van der Waals surface area contributed by atoms with Gasteiger partial charge in [-0.2, -0.15) is 0 Å². The number of rotatable bonds is 8. The van der Waals surface area contributed by atoms with Crippen molar-refractivity contribution >= 4 is 34.7 Å². The lowest BCUT2D eigenvalue weighted by Gasteiger charge is -2.36. The lowest BCUT2D eigenvalue weighted by Crippen LogP contribution is -2.47.